The summed E-state index contributed by atoms with van der Waals surface area (Å²) in [5.74, 6) is 0.677. The Morgan fingerprint density at radius 3 is 2.12 bits per heavy atom. The molecule has 1 aliphatic rings. The van der Waals surface area contributed by atoms with Crippen molar-refractivity contribution >= 4 is 0 Å². The summed E-state index contributed by atoms with van der Waals surface area (Å²) in [5.41, 5.74) is 4.12. The van der Waals surface area contributed by atoms with Crippen LogP contribution in [0.1, 0.15) is 34.1 Å². The van der Waals surface area contributed by atoms with E-state index in [0.717, 1.165) is 22.3 Å². The lowest BCUT2D eigenvalue weighted by Crippen LogP contribution is -2.07. The van der Waals surface area contributed by atoms with E-state index in [1.54, 1.807) is 18.2 Å². The molecule has 0 heterocycles. The summed E-state index contributed by atoms with van der Waals surface area (Å²) in [6.45, 7) is 0. The number of fused-ring (bicyclic) bond motifs is 1. The molecule has 0 saturated heterocycles. The number of hydrogen-bond donors (Lipinski definition) is 3. The van der Waals surface area contributed by atoms with Crippen LogP contribution in [-0.2, 0) is 6.42 Å². The summed E-state index contributed by atoms with van der Waals surface area (Å²) in [6.07, 6.45) is 0.700. The predicted octanol–water partition coefficient (Wildman–Crippen LogP) is 4.28. The van der Waals surface area contributed by atoms with E-state index in [1.807, 2.05) is 30.3 Å². The molecule has 1 aliphatic carbocycles. The maximum absolute atomic E-state index is 10.3. The first-order chi connectivity index (χ1) is 11.6. The van der Waals surface area contributed by atoms with Crippen molar-refractivity contribution in [3.8, 4) is 17.2 Å². The highest BCUT2D eigenvalue weighted by Gasteiger charge is 2.36. The zero-order valence-corrected chi connectivity index (χ0v) is 13.1. The summed E-state index contributed by atoms with van der Waals surface area (Å²) >= 11 is 0. The van der Waals surface area contributed by atoms with Crippen molar-refractivity contribution in [2.75, 3.05) is 0 Å². The van der Waals surface area contributed by atoms with Gasteiger partial charge in [0.15, 0.2) is 0 Å². The standard InChI is InChI=1S/C21H18O3/c22-15-8-6-13(7-9-15)17-12-18-19(10-16(23)11-20(18)24)21(17)14-4-2-1-3-5-14/h1-11,17,21-24H,12H2. The molecule has 3 aromatic rings. The molecule has 0 saturated carbocycles. The fourth-order valence-electron chi connectivity index (χ4n) is 3.82. The van der Waals surface area contributed by atoms with Crippen molar-refractivity contribution in [3.63, 3.8) is 0 Å². The van der Waals surface area contributed by atoms with Crippen molar-refractivity contribution in [2.45, 2.75) is 18.3 Å². The van der Waals surface area contributed by atoms with Gasteiger partial charge in [-0.3, -0.25) is 0 Å². The van der Waals surface area contributed by atoms with Crippen LogP contribution in [0, 0.1) is 0 Å². The topological polar surface area (TPSA) is 60.7 Å². The third-order valence-electron chi connectivity index (χ3n) is 4.89. The van der Waals surface area contributed by atoms with E-state index in [2.05, 4.69) is 12.1 Å². The minimum absolute atomic E-state index is 0.0590. The summed E-state index contributed by atoms with van der Waals surface area (Å²) in [4.78, 5) is 0. The Morgan fingerprint density at radius 2 is 1.42 bits per heavy atom. The molecule has 0 fully saturated rings. The molecule has 2 unspecified atom stereocenters. The van der Waals surface area contributed by atoms with Gasteiger partial charge < -0.3 is 15.3 Å². The minimum atomic E-state index is 0.0590. The van der Waals surface area contributed by atoms with Crippen LogP contribution >= 0.6 is 0 Å². The van der Waals surface area contributed by atoms with Crippen LogP contribution in [0.3, 0.4) is 0 Å². The summed E-state index contributed by atoms with van der Waals surface area (Å²) in [5, 5.41) is 29.8. The van der Waals surface area contributed by atoms with E-state index >= 15 is 0 Å². The second-order valence-electron chi connectivity index (χ2n) is 6.32. The van der Waals surface area contributed by atoms with Gasteiger partial charge in [0.25, 0.3) is 0 Å². The summed E-state index contributed by atoms with van der Waals surface area (Å²) < 4.78 is 0. The SMILES string of the molecule is Oc1ccc(C2Cc3c(O)cc(O)cc3C2c2ccccc2)cc1. The zero-order chi connectivity index (χ0) is 16.7. The van der Waals surface area contributed by atoms with Crippen LogP contribution in [0.2, 0.25) is 0 Å². The zero-order valence-electron chi connectivity index (χ0n) is 13.1. The average Bonchev–Trinajstić information content (AvgIpc) is 2.96. The van der Waals surface area contributed by atoms with Gasteiger partial charge in [0.05, 0.1) is 0 Å². The fourth-order valence-corrected chi connectivity index (χ4v) is 3.82. The maximum atomic E-state index is 10.3. The van der Waals surface area contributed by atoms with Gasteiger partial charge in [-0.25, -0.2) is 0 Å². The van der Waals surface area contributed by atoms with Crippen LogP contribution in [0.4, 0.5) is 0 Å². The van der Waals surface area contributed by atoms with Gasteiger partial charge in [0.1, 0.15) is 17.2 Å². The third kappa shape index (κ3) is 2.38. The number of rotatable bonds is 2. The predicted molar refractivity (Wildman–Crippen MR) is 92.6 cm³/mol. The molecular weight excluding hydrogens is 300 g/mol. The molecule has 2 atom stereocenters. The second kappa shape index (κ2) is 5.60. The smallest absolute Gasteiger partial charge is 0.122 e. The summed E-state index contributed by atoms with van der Waals surface area (Å²) in [7, 11) is 0. The van der Waals surface area contributed by atoms with Crippen LogP contribution in [0.25, 0.3) is 0 Å². The van der Waals surface area contributed by atoms with Crippen molar-refractivity contribution < 1.29 is 15.3 Å². The molecule has 0 amide bonds. The van der Waals surface area contributed by atoms with Gasteiger partial charge in [-0.05, 0) is 52.8 Å². The molecule has 0 aromatic heterocycles. The number of phenolic OH excluding ortho intramolecular Hbond substituents is 3. The Morgan fingerprint density at radius 1 is 0.708 bits per heavy atom. The fraction of sp³-hybridized carbons (Fsp3) is 0.143. The highest BCUT2D eigenvalue weighted by atomic mass is 16.3. The van der Waals surface area contributed by atoms with E-state index in [1.165, 1.54) is 6.07 Å². The van der Waals surface area contributed by atoms with Gasteiger partial charge in [-0.15, -0.1) is 0 Å². The van der Waals surface area contributed by atoms with Crippen molar-refractivity contribution in [1.82, 2.24) is 0 Å². The van der Waals surface area contributed by atoms with Gasteiger partial charge in [-0.2, -0.15) is 0 Å². The van der Waals surface area contributed by atoms with E-state index in [0.29, 0.717) is 6.42 Å². The lowest BCUT2D eigenvalue weighted by atomic mass is 9.82. The lowest BCUT2D eigenvalue weighted by molar-refractivity contribution is 0.446. The van der Waals surface area contributed by atoms with Crippen LogP contribution in [-0.4, -0.2) is 15.3 Å². The van der Waals surface area contributed by atoms with E-state index < -0.39 is 0 Å². The van der Waals surface area contributed by atoms with E-state index in [-0.39, 0.29) is 29.1 Å². The van der Waals surface area contributed by atoms with Crippen molar-refractivity contribution in [1.29, 1.82) is 0 Å². The molecule has 120 valence electrons. The molecule has 0 radical (unpaired) electrons. The molecule has 3 nitrogen and oxygen atoms in total. The highest BCUT2D eigenvalue weighted by molar-refractivity contribution is 5.56. The normalized spacial score (nSPS) is 19.2. The first kappa shape index (κ1) is 14.6. The van der Waals surface area contributed by atoms with Crippen molar-refractivity contribution in [2.24, 2.45) is 0 Å². The highest BCUT2D eigenvalue weighted by Crippen LogP contribution is 2.51. The molecule has 24 heavy (non-hydrogen) atoms. The molecule has 4 rings (SSSR count). The molecule has 0 aliphatic heterocycles. The minimum Gasteiger partial charge on any atom is -0.508 e. The van der Waals surface area contributed by atoms with Crippen molar-refractivity contribution in [3.05, 3.63) is 89.0 Å². The number of aromatic hydroxyl groups is 3. The van der Waals surface area contributed by atoms with Crippen LogP contribution in [0.15, 0.2) is 66.7 Å². The maximum Gasteiger partial charge on any atom is 0.122 e. The first-order valence-electron chi connectivity index (χ1n) is 8.02. The van der Waals surface area contributed by atoms with Crippen LogP contribution in [0.5, 0.6) is 17.2 Å². The van der Waals surface area contributed by atoms with Gasteiger partial charge in [0.2, 0.25) is 0 Å². The third-order valence-corrected chi connectivity index (χ3v) is 4.89. The Hall–Kier alpha value is -2.94. The van der Waals surface area contributed by atoms with Crippen LogP contribution < -0.4 is 0 Å². The monoisotopic (exact) mass is 318 g/mol. The van der Waals surface area contributed by atoms with Gasteiger partial charge >= 0.3 is 0 Å². The quantitative estimate of drug-likeness (QED) is 0.661. The number of hydrogen-bond acceptors (Lipinski definition) is 3. The largest absolute Gasteiger partial charge is 0.508 e. The number of phenols is 3. The molecular formula is C21H18O3. The average molecular weight is 318 g/mol. The Bertz CT molecular complexity index is 870. The Labute approximate surface area is 140 Å². The molecule has 3 N–H and O–H groups in total. The lowest BCUT2D eigenvalue weighted by Gasteiger charge is -2.21. The van der Waals surface area contributed by atoms with E-state index in [9.17, 15) is 15.3 Å². The molecule has 3 aromatic carbocycles. The molecule has 0 bridgehead atoms. The van der Waals surface area contributed by atoms with E-state index in [4.69, 9.17) is 0 Å². The Balaban J connectivity index is 1.88. The van der Waals surface area contributed by atoms with Gasteiger partial charge in [0, 0.05) is 12.0 Å². The summed E-state index contributed by atoms with van der Waals surface area (Å²) in [6, 6.07) is 20.5. The second-order valence-corrected chi connectivity index (χ2v) is 6.32. The Kier molecular flexibility index (Phi) is 3.42. The molecule has 0 spiro atoms. The number of benzene rings is 3. The molecule has 3 heteroatoms. The van der Waals surface area contributed by atoms with Gasteiger partial charge in [-0.1, -0.05) is 42.5 Å². The first-order valence-corrected chi connectivity index (χ1v) is 8.02.